The molecule has 1 saturated heterocycles. The highest BCUT2D eigenvalue weighted by molar-refractivity contribution is 9.10. The number of imide groups is 1. The van der Waals surface area contributed by atoms with Gasteiger partial charge in [-0.25, -0.2) is 0 Å². The van der Waals surface area contributed by atoms with Crippen LogP contribution in [-0.4, -0.2) is 36.3 Å². The van der Waals surface area contributed by atoms with Crippen molar-refractivity contribution in [1.82, 2.24) is 4.90 Å². The number of rotatable bonds is 6. The summed E-state index contributed by atoms with van der Waals surface area (Å²) < 4.78 is 11.5. The molecule has 1 heterocycles. The summed E-state index contributed by atoms with van der Waals surface area (Å²) in [6, 6.07) is 12.5. The lowest BCUT2D eigenvalue weighted by atomic mass is 10.2. The van der Waals surface area contributed by atoms with Crippen molar-refractivity contribution in [2.75, 3.05) is 20.3 Å². The standard InChI is InChI=1S/C19H15BrClNO4S/c1-25-15-7-6-12(10-13(15)20)11-17-18(23)22(19(24)27-17)8-9-26-16-5-3-2-4-14(16)21/h2-7,10-11H,8-9H2,1H3/b17-11-. The van der Waals surface area contributed by atoms with Crippen LogP contribution in [0.2, 0.25) is 5.02 Å². The van der Waals surface area contributed by atoms with E-state index in [1.807, 2.05) is 12.1 Å². The maximum Gasteiger partial charge on any atom is 0.293 e. The van der Waals surface area contributed by atoms with E-state index >= 15 is 0 Å². The number of carbonyl (C=O) groups is 2. The van der Waals surface area contributed by atoms with Crippen molar-refractivity contribution in [3.8, 4) is 11.5 Å². The van der Waals surface area contributed by atoms with Gasteiger partial charge in [-0.3, -0.25) is 14.5 Å². The number of ether oxygens (including phenoxy) is 2. The van der Waals surface area contributed by atoms with E-state index in [2.05, 4.69) is 15.9 Å². The van der Waals surface area contributed by atoms with E-state index in [-0.39, 0.29) is 24.3 Å². The van der Waals surface area contributed by atoms with Gasteiger partial charge < -0.3 is 9.47 Å². The monoisotopic (exact) mass is 467 g/mol. The van der Waals surface area contributed by atoms with E-state index in [9.17, 15) is 9.59 Å². The lowest BCUT2D eigenvalue weighted by Gasteiger charge is -2.13. The predicted molar refractivity (Wildman–Crippen MR) is 110 cm³/mol. The first-order valence-corrected chi connectivity index (χ1v) is 9.94. The Morgan fingerprint density at radius 3 is 2.67 bits per heavy atom. The SMILES string of the molecule is COc1ccc(/C=C2\SC(=O)N(CCOc3ccccc3Cl)C2=O)cc1Br. The van der Waals surface area contributed by atoms with Gasteiger partial charge in [0, 0.05) is 0 Å². The van der Waals surface area contributed by atoms with Crippen LogP contribution in [-0.2, 0) is 4.79 Å². The molecule has 140 valence electrons. The molecular weight excluding hydrogens is 454 g/mol. The van der Waals surface area contributed by atoms with E-state index in [4.69, 9.17) is 21.1 Å². The molecule has 5 nitrogen and oxygen atoms in total. The van der Waals surface area contributed by atoms with Crippen LogP contribution < -0.4 is 9.47 Å². The lowest BCUT2D eigenvalue weighted by Crippen LogP contribution is -2.32. The molecule has 1 fully saturated rings. The Balaban J connectivity index is 1.66. The molecule has 27 heavy (non-hydrogen) atoms. The van der Waals surface area contributed by atoms with Crippen LogP contribution in [0.5, 0.6) is 11.5 Å². The van der Waals surface area contributed by atoms with Crippen LogP contribution in [0.4, 0.5) is 4.79 Å². The maximum absolute atomic E-state index is 12.5. The van der Waals surface area contributed by atoms with Gasteiger partial charge in [-0.1, -0.05) is 29.8 Å². The van der Waals surface area contributed by atoms with Gasteiger partial charge in [0.1, 0.15) is 18.1 Å². The number of amides is 2. The van der Waals surface area contributed by atoms with Crippen molar-refractivity contribution in [3.05, 3.63) is 62.4 Å². The van der Waals surface area contributed by atoms with Gasteiger partial charge in [0.15, 0.2) is 0 Å². The van der Waals surface area contributed by atoms with Crippen LogP contribution in [0.25, 0.3) is 6.08 Å². The Kier molecular flexibility index (Phi) is 6.46. The van der Waals surface area contributed by atoms with E-state index in [0.717, 1.165) is 21.8 Å². The van der Waals surface area contributed by atoms with E-state index in [1.54, 1.807) is 43.5 Å². The van der Waals surface area contributed by atoms with Gasteiger partial charge in [-0.05, 0) is 63.6 Å². The van der Waals surface area contributed by atoms with Gasteiger partial charge in [-0.15, -0.1) is 0 Å². The Morgan fingerprint density at radius 1 is 1.19 bits per heavy atom. The highest BCUT2D eigenvalue weighted by atomic mass is 79.9. The van der Waals surface area contributed by atoms with Crippen molar-refractivity contribution >= 4 is 56.5 Å². The van der Waals surface area contributed by atoms with Crippen LogP contribution in [0, 0.1) is 0 Å². The third-order valence-electron chi connectivity index (χ3n) is 3.76. The zero-order chi connectivity index (χ0) is 19.4. The van der Waals surface area contributed by atoms with E-state index < -0.39 is 0 Å². The number of benzene rings is 2. The van der Waals surface area contributed by atoms with Crippen molar-refractivity contribution < 1.29 is 19.1 Å². The molecule has 0 spiro atoms. The average Bonchev–Trinajstić information content (AvgIpc) is 2.91. The first-order valence-electron chi connectivity index (χ1n) is 7.96. The molecule has 3 rings (SSSR count). The highest BCUT2D eigenvalue weighted by Gasteiger charge is 2.34. The van der Waals surface area contributed by atoms with Crippen molar-refractivity contribution in [1.29, 1.82) is 0 Å². The Bertz CT molecular complexity index is 918. The first kappa shape index (κ1) is 19.8. The number of carbonyl (C=O) groups excluding carboxylic acids is 2. The Labute approximate surface area is 174 Å². The summed E-state index contributed by atoms with van der Waals surface area (Å²) in [6.07, 6.45) is 1.68. The first-order chi connectivity index (χ1) is 13.0. The molecule has 0 atom stereocenters. The molecule has 1 aliphatic rings. The number of halogens is 2. The number of nitrogens with zero attached hydrogens (tertiary/aromatic N) is 1. The molecule has 0 saturated carbocycles. The van der Waals surface area contributed by atoms with Gasteiger partial charge in [0.2, 0.25) is 0 Å². The molecule has 2 aromatic rings. The van der Waals surface area contributed by atoms with Crippen molar-refractivity contribution in [2.24, 2.45) is 0 Å². The Morgan fingerprint density at radius 2 is 1.96 bits per heavy atom. The topological polar surface area (TPSA) is 55.8 Å². The van der Waals surface area contributed by atoms with Crippen LogP contribution in [0.1, 0.15) is 5.56 Å². The maximum atomic E-state index is 12.5. The van der Waals surface area contributed by atoms with Gasteiger partial charge in [-0.2, -0.15) is 0 Å². The molecule has 0 bridgehead atoms. The summed E-state index contributed by atoms with van der Waals surface area (Å²) in [7, 11) is 1.58. The molecule has 0 unspecified atom stereocenters. The smallest absolute Gasteiger partial charge is 0.293 e. The number of para-hydroxylation sites is 1. The third-order valence-corrected chi connectivity index (χ3v) is 5.60. The number of hydrogen-bond acceptors (Lipinski definition) is 5. The largest absolute Gasteiger partial charge is 0.496 e. The summed E-state index contributed by atoms with van der Waals surface area (Å²) in [5.41, 5.74) is 0.792. The molecule has 0 aliphatic carbocycles. The summed E-state index contributed by atoms with van der Waals surface area (Å²) in [4.78, 5) is 26.3. The van der Waals surface area contributed by atoms with E-state index in [1.165, 1.54) is 4.90 Å². The molecule has 0 radical (unpaired) electrons. The minimum Gasteiger partial charge on any atom is -0.496 e. The number of methoxy groups -OCH3 is 1. The fourth-order valence-electron chi connectivity index (χ4n) is 2.43. The molecule has 2 amide bonds. The van der Waals surface area contributed by atoms with Gasteiger partial charge in [0.25, 0.3) is 11.1 Å². The normalized spacial score (nSPS) is 15.5. The molecule has 0 aromatic heterocycles. The number of hydrogen-bond donors (Lipinski definition) is 0. The molecule has 0 N–H and O–H groups in total. The number of thioether (sulfide) groups is 1. The van der Waals surface area contributed by atoms with Crippen LogP contribution in [0.15, 0.2) is 51.8 Å². The lowest BCUT2D eigenvalue weighted by molar-refractivity contribution is -0.123. The fourth-order valence-corrected chi connectivity index (χ4v) is 4.04. The second-order valence-electron chi connectivity index (χ2n) is 5.51. The molecule has 1 aliphatic heterocycles. The quantitative estimate of drug-likeness (QED) is 0.544. The minimum absolute atomic E-state index is 0.152. The molecule has 8 heteroatoms. The van der Waals surface area contributed by atoms with Gasteiger partial charge >= 0.3 is 0 Å². The van der Waals surface area contributed by atoms with E-state index in [0.29, 0.717) is 21.4 Å². The van der Waals surface area contributed by atoms with Crippen molar-refractivity contribution in [3.63, 3.8) is 0 Å². The van der Waals surface area contributed by atoms with Crippen LogP contribution >= 0.6 is 39.3 Å². The average molecular weight is 469 g/mol. The van der Waals surface area contributed by atoms with Gasteiger partial charge in [0.05, 0.1) is 28.1 Å². The van der Waals surface area contributed by atoms with Crippen molar-refractivity contribution in [2.45, 2.75) is 0 Å². The second kappa shape index (κ2) is 8.82. The second-order valence-corrected chi connectivity index (χ2v) is 7.76. The Hall–Kier alpha value is -1.96. The summed E-state index contributed by atoms with van der Waals surface area (Å²) in [5.74, 6) is 0.876. The zero-order valence-electron chi connectivity index (χ0n) is 14.3. The zero-order valence-corrected chi connectivity index (χ0v) is 17.4. The summed E-state index contributed by atoms with van der Waals surface area (Å²) in [6.45, 7) is 0.322. The molecule has 2 aromatic carbocycles. The highest BCUT2D eigenvalue weighted by Crippen LogP contribution is 2.33. The van der Waals surface area contributed by atoms with Crippen LogP contribution in [0.3, 0.4) is 0 Å². The minimum atomic E-state index is -0.334. The fraction of sp³-hybridized carbons (Fsp3) is 0.158. The summed E-state index contributed by atoms with van der Waals surface area (Å²) >= 11 is 10.3. The predicted octanol–water partition coefficient (Wildman–Crippen LogP) is 5.23. The third kappa shape index (κ3) is 4.66. The summed E-state index contributed by atoms with van der Waals surface area (Å²) in [5, 5.41) is 0.165. The molecular formula is C19H15BrClNO4S.